The average Bonchev–Trinajstić information content (AvgIpc) is 3.00. The molecule has 0 saturated heterocycles. The molecular formula is C24H17ClO2. The standard InChI is InChI=1S/C24H17ClO2/c1-27-18-13-11-16(12-14-18)22(26)15-21-19-9-5-6-10-20(19)24(25)23(21)17-7-3-2-4-8-17/h2-15H,1H3/b21-15+. The Kier molecular flexibility index (Phi) is 4.66. The van der Waals surface area contributed by atoms with Crippen molar-refractivity contribution in [3.05, 3.63) is 107 Å². The molecule has 4 rings (SSSR count). The smallest absolute Gasteiger partial charge is 0.186 e. The molecule has 1 aliphatic carbocycles. The number of allylic oxidation sites excluding steroid dienone is 3. The number of halogens is 1. The third-order valence-corrected chi connectivity index (χ3v) is 5.05. The summed E-state index contributed by atoms with van der Waals surface area (Å²) in [6.45, 7) is 0. The first-order valence-electron chi connectivity index (χ1n) is 8.64. The summed E-state index contributed by atoms with van der Waals surface area (Å²) < 4.78 is 5.17. The molecule has 0 aliphatic heterocycles. The quantitative estimate of drug-likeness (QED) is 0.409. The largest absolute Gasteiger partial charge is 0.497 e. The topological polar surface area (TPSA) is 26.3 Å². The van der Waals surface area contributed by atoms with Crippen molar-refractivity contribution in [2.24, 2.45) is 0 Å². The highest BCUT2D eigenvalue weighted by Gasteiger charge is 2.26. The maximum Gasteiger partial charge on any atom is 0.186 e. The van der Waals surface area contributed by atoms with E-state index in [9.17, 15) is 4.79 Å². The molecule has 27 heavy (non-hydrogen) atoms. The number of hydrogen-bond donors (Lipinski definition) is 0. The summed E-state index contributed by atoms with van der Waals surface area (Å²) in [5.74, 6) is 0.653. The van der Waals surface area contributed by atoms with E-state index in [-0.39, 0.29) is 5.78 Å². The lowest BCUT2D eigenvalue weighted by Gasteiger charge is -2.08. The number of methoxy groups -OCH3 is 1. The van der Waals surface area contributed by atoms with Gasteiger partial charge in [-0.2, -0.15) is 0 Å². The number of hydrogen-bond acceptors (Lipinski definition) is 2. The van der Waals surface area contributed by atoms with Crippen LogP contribution in [0.3, 0.4) is 0 Å². The van der Waals surface area contributed by atoms with Gasteiger partial charge < -0.3 is 4.74 Å². The molecule has 0 bridgehead atoms. The van der Waals surface area contributed by atoms with Crippen LogP contribution in [0.15, 0.2) is 84.9 Å². The molecule has 3 aromatic carbocycles. The molecule has 0 saturated carbocycles. The van der Waals surface area contributed by atoms with E-state index in [1.807, 2.05) is 54.6 Å². The summed E-state index contributed by atoms with van der Waals surface area (Å²) in [7, 11) is 1.60. The molecule has 0 N–H and O–H groups in total. The van der Waals surface area contributed by atoms with Crippen molar-refractivity contribution >= 4 is 33.6 Å². The van der Waals surface area contributed by atoms with E-state index in [2.05, 4.69) is 0 Å². The third-order valence-electron chi connectivity index (χ3n) is 4.65. The van der Waals surface area contributed by atoms with Gasteiger partial charge in [0.2, 0.25) is 0 Å². The molecule has 132 valence electrons. The average molecular weight is 373 g/mol. The van der Waals surface area contributed by atoms with Crippen molar-refractivity contribution in [2.75, 3.05) is 7.11 Å². The van der Waals surface area contributed by atoms with Crippen LogP contribution in [0.1, 0.15) is 27.0 Å². The molecule has 2 nitrogen and oxygen atoms in total. The number of fused-ring (bicyclic) bond motifs is 1. The highest BCUT2D eigenvalue weighted by molar-refractivity contribution is 6.57. The maximum absolute atomic E-state index is 12.9. The molecule has 3 aromatic rings. The van der Waals surface area contributed by atoms with Crippen LogP contribution in [0.5, 0.6) is 5.75 Å². The normalized spacial score (nSPS) is 14.4. The van der Waals surface area contributed by atoms with E-state index >= 15 is 0 Å². The first kappa shape index (κ1) is 17.3. The van der Waals surface area contributed by atoms with Crippen LogP contribution in [0.25, 0.3) is 16.2 Å². The molecule has 0 amide bonds. The van der Waals surface area contributed by atoms with Gasteiger partial charge in [-0.05, 0) is 47.0 Å². The van der Waals surface area contributed by atoms with Gasteiger partial charge in [-0.1, -0.05) is 66.2 Å². The van der Waals surface area contributed by atoms with Crippen LogP contribution in [0.2, 0.25) is 0 Å². The Labute approximate surface area is 163 Å². The van der Waals surface area contributed by atoms with Gasteiger partial charge in [-0.3, -0.25) is 4.79 Å². The van der Waals surface area contributed by atoms with Crippen LogP contribution < -0.4 is 4.74 Å². The molecule has 3 heteroatoms. The summed E-state index contributed by atoms with van der Waals surface area (Å²) in [4.78, 5) is 12.9. The van der Waals surface area contributed by atoms with Crippen LogP contribution in [-0.4, -0.2) is 12.9 Å². The summed E-state index contributed by atoms with van der Waals surface area (Å²) in [6.07, 6.45) is 1.68. The van der Waals surface area contributed by atoms with Gasteiger partial charge in [0, 0.05) is 16.7 Å². The second kappa shape index (κ2) is 7.26. The highest BCUT2D eigenvalue weighted by Crippen LogP contribution is 2.48. The van der Waals surface area contributed by atoms with Gasteiger partial charge >= 0.3 is 0 Å². The summed E-state index contributed by atoms with van der Waals surface area (Å²) >= 11 is 6.72. The minimum Gasteiger partial charge on any atom is -0.497 e. The van der Waals surface area contributed by atoms with E-state index in [0.29, 0.717) is 10.6 Å². The second-order valence-electron chi connectivity index (χ2n) is 6.25. The first-order chi connectivity index (χ1) is 13.2. The maximum atomic E-state index is 12.9. The SMILES string of the molecule is COc1ccc(C(=O)/C=C2/C(c3ccccc3)=C(Cl)c3ccccc32)cc1. The van der Waals surface area contributed by atoms with Crippen molar-refractivity contribution in [1.29, 1.82) is 0 Å². The van der Waals surface area contributed by atoms with Crippen molar-refractivity contribution in [3.8, 4) is 5.75 Å². The molecule has 0 spiro atoms. The predicted octanol–water partition coefficient (Wildman–Crippen LogP) is 6.08. The first-order valence-corrected chi connectivity index (χ1v) is 9.02. The molecular weight excluding hydrogens is 356 g/mol. The molecule has 0 atom stereocenters. The fraction of sp³-hybridized carbons (Fsp3) is 0.0417. The van der Waals surface area contributed by atoms with Gasteiger partial charge in [0.25, 0.3) is 0 Å². The Morgan fingerprint density at radius 1 is 0.852 bits per heavy atom. The summed E-state index contributed by atoms with van der Waals surface area (Å²) in [5, 5.41) is 0.672. The molecule has 1 aliphatic rings. The van der Waals surface area contributed by atoms with Crippen molar-refractivity contribution in [3.63, 3.8) is 0 Å². The Bertz CT molecular complexity index is 1060. The van der Waals surface area contributed by atoms with Gasteiger partial charge in [0.15, 0.2) is 5.78 Å². The van der Waals surface area contributed by atoms with E-state index in [1.54, 1.807) is 37.5 Å². The van der Waals surface area contributed by atoms with E-state index in [1.165, 1.54) is 0 Å². The zero-order valence-corrected chi connectivity index (χ0v) is 15.5. The van der Waals surface area contributed by atoms with E-state index in [4.69, 9.17) is 16.3 Å². The number of ether oxygens (including phenoxy) is 1. The van der Waals surface area contributed by atoms with Gasteiger partial charge in [-0.15, -0.1) is 0 Å². The van der Waals surface area contributed by atoms with Gasteiger partial charge in [-0.25, -0.2) is 0 Å². The van der Waals surface area contributed by atoms with Crippen LogP contribution in [-0.2, 0) is 0 Å². The highest BCUT2D eigenvalue weighted by atomic mass is 35.5. The zero-order chi connectivity index (χ0) is 18.8. The number of ketones is 1. The Morgan fingerprint density at radius 3 is 2.15 bits per heavy atom. The van der Waals surface area contributed by atoms with Crippen LogP contribution in [0.4, 0.5) is 0 Å². The molecule has 0 heterocycles. The van der Waals surface area contributed by atoms with Crippen LogP contribution >= 0.6 is 11.6 Å². The summed E-state index contributed by atoms with van der Waals surface area (Å²) in [6, 6.07) is 24.9. The lowest BCUT2D eigenvalue weighted by molar-refractivity contribution is 0.104. The molecule has 0 fully saturated rings. The van der Waals surface area contributed by atoms with E-state index in [0.717, 1.165) is 33.6 Å². The van der Waals surface area contributed by atoms with Crippen molar-refractivity contribution in [2.45, 2.75) is 0 Å². The number of rotatable bonds is 4. The lowest BCUT2D eigenvalue weighted by atomic mass is 9.95. The minimum absolute atomic E-state index is 0.0674. The summed E-state index contributed by atoms with van der Waals surface area (Å²) in [5.41, 5.74) is 5.27. The van der Waals surface area contributed by atoms with Gasteiger partial charge in [0.1, 0.15) is 5.75 Å². The fourth-order valence-electron chi connectivity index (χ4n) is 3.30. The molecule has 0 unspecified atom stereocenters. The Hall–Kier alpha value is -3.10. The third kappa shape index (κ3) is 3.20. The monoisotopic (exact) mass is 372 g/mol. The molecule has 0 radical (unpaired) electrons. The van der Waals surface area contributed by atoms with Crippen molar-refractivity contribution in [1.82, 2.24) is 0 Å². The molecule has 0 aromatic heterocycles. The number of carbonyl (C=O) groups is 1. The Balaban J connectivity index is 1.83. The second-order valence-corrected chi connectivity index (χ2v) is 6.63. The lowest BCUT2D eigenvalue weighted by Crippen LogP contribution is -1.97. The van der Waals surface area contributed by atoms with Gasteiger partial charge in [0.05, 0.1) is 12.1 Å². The number of carbonyl (C=O) groups excluding carboxylic acids is 1. The zero-order valence-electron chi connectivity index (χ0n) is 14.8. The van der Waals surface area contributed by atoms with Crippen molar-refractivity contribution < 1.29 is 9.53 Å². The van der Waals surface area contributed by atoms with Crippen LogP contribution in [0, 0.1) is 0 Å². The fourth-order valence-corrected chi connectivity index (χ4v) is 3.68. The van der Waals surface area contributed by atoms with E-state index < -0.39 is 0 Å². The minimum atomic E-state index is -0.0674. The number of benzene rings is 3. The Morgan fingerprint density at radius 2 is 1.48 bits per heavy atom. The predicted molar refractivity (Wildman–Crippen MR) is 111 cm³/mol.